The van der Waals surface area contributed by atoms with Gasteiger partial charge in [-0.1, -0.05) is 13.0 Å². The van der Waals surface area contributed by atoms with Crippen LogP contribution in [0.1, 0.15) is 25.3 Å². The minimum absolute atomic E-state index is 0.0312. The number of amides is 2. The second-order valence-electron chi connectivity index (χ2n) is 7.00. The van der Waals surface area contributed by atoms with Crippen molar-refractivity contribution in [1.29, 1.82) is 0 Å². The first-order valence-electron chi connectivity index (χ1n) is 9.69. The molecule has 1 heterocycles. The van der Waals surface area contributed by atoms with E-state index in [9.17, 15) is 18.0 Å². The molecule has 0 spiro atoms. The van der Waals surface area contributed by atoms with Gasteiger partial charge in [-0.25, -0.2) is 8.42 Å². The lowest BCUT2D eigenvalue weighted by atomic mass is 10.1. The van der Waals surface area contributed by atoms with Gasteiger partial charge in [0.25, 0.3) is 15.9 Å². The number of ether oxygens (including phenoxy) is 1. The minimum Gasteiger partial charge on any atom is -0.375 e. The number of sulfonamides is 1. The van der Waals surface area contributed by atoms with Gasteiger partial charge in [0.2, 0.25) is 5.91 Å². The van der Waals surface area contributed by atoms with Crippen LogP contribution in [0.2, 0.25) is 0 Å². The smallest absolute Gasteiger partial charge is 0.261 e. The van der Waals surface area contributed by atoms with E-state index in [0.29, 0.717) is 36.4 Å². The molecule has 0 aromatic heterocycles. The second-order valence-corrected chi connectivity index (χ2v) is 8.68. The van der Waals surface area contributed by atoms with Crippen molar-refractivity contribution in [2.24, 2.45) is 0 Å². The van der Waals surface area contributed by atoms with Gasteiger partial charge in [-0.15, -0.1) is 0 Å². The van der Waals surface area contributed by atoms with E-state index in [1.54, 1.807) is 29.2 Å². The van der Waals surface area contributed by atoms with Gasteiger partial charge in [0.15, 0.2) is 0 Å². The number of nitrogens with one attached hydrogen (secondary N) is 2. The number of benzene rings is 2. The van der Waals surface area contributed by atoms with Crippen LogP contribution in [0.5, 0.6) is 0 Å². The average molecular weight is 432 g/mol. The first kappa shape index (κ1) is 21.8. The van der Waals surface area contributed by atoms with Crippen molar-refractivity contribution in [2.45, 2.75) is 31.1 Å². The third kappa shape index (κ3) is 4.98. The zero-order chi connectivity index (χ0) is 21.7. The quantitative estimate of drug-likeness (QED) is 0.669. The predicted octanol–water partition coefficient (Wildman–Crippen LogP) is 2.76. The number of rotatable bonds is 8. The maximum absolute atomic E-state index is 12.8. The van der Waals surface area contributed by atoms with Crippen molar-refractivity contribution in [3.05, 3.63) is 48.0 Å². The van der Waals surface area contributed by atoms with Crippen LogP contribution in [-0.4, -0.2) is 40.5 Å². The molecule has 3 rings (SSSR count). The molecule has 9 heteroatoms. The molecule has 0 fully saturated rings. The number of anilines is 3. The second kappa shape index (κ2) is 9.27. The van der Waals surface area contributed by atoms with Gasteiger partial charge < -0.3 is 15.0 Å². The van der Waals surface area contributed by atoms with Gasteiger partial charge in [-0.3, -0.25) is 14.3 Å². The molecule has 30 heavy (non-hydrogen) atoms. The molecule has 1 aliphatic heterocycles. The fourth-order valence-electron chi connectivity index (χ4n) is 3.29. The van der Waals surface area contributed by atoms with Crippen LogP contribution >= 0.6 is 0 Å². The SMILES string of the molecule is CCCC(=O)Nc1ccc(S(=O)(=O)Nc2ccc3c(c2)N(C(=O)COC)CC3)cc1. The number of fused-ring (bicyclic) bond motifs is 1. The molecule has 0 atom stereocenters. The lowest BCUT2D eigenvalue weighted by Crippen LogP contribution is -2.32. The summed E-state index contributed by atoms with van der Waals surface area (Å²) in [5.74, 6) is -0.283. The molecule has 2 aromatic carbocycles. The first-order valence-corrected chi connectivity index (χ1v) is 11.2. The Hall–Kier alpha value is -2.91. The molecule has 0 saturated heterocycles. The summed E-state index contributed by atoms with van der Waals surface area (Å²) in [6.07, 6.45) is 1.85. The lowest BCUT2D eigenvalue weighted by Gasteiger charge is -2.18. The fraction of sp³-hybridized carbons (Fsp3) is 0.333. The molecule has 0 saturated carbocycles. The highest BCUT2D eigenvalue weighted by molar-refractivity contribution is 7.92. The van der Waals surface area contributed by atoms with Crippen LogP contribution in [-0.2, 0) is 30.8 Å². The van der Waals surface area contributed by atoms with E-state index in [1.165, 1.54) is 19.2 Å². The molecule has 0 radical (unpaired) electrons. The number of carbonyl (C=O) groups excluding carboxylic acids is 2. The monoisotopic (exact) mass is 431 g/mol. The molecule has 1 aliphatic rings. The standard InChI is InChI=1S/C21H25N3O5S/c1-3-4-20(25)22-16-7-9-18(10-8-16)30(27,28)23-17-6-5-15-11-12-24(19(15)13-17)21(26)14-29-2/h5-10,13,23H,3-4,11-12,14H2,1-2H3,(H,22,25). The predicted molar refractivity (Wildman–Crippen MR) is 115 cm³/mol. The third-order valence-electron chi connectivity index (χ3n) is 4.73. The average Bonchev–Trinajstić information content (AvgIpc) is 3.12. The van der Waals surface area contributed by atoms with Gasteiger partial charge in [0.1, 0.15) is 6.61 Å². The molecule has 2 amide bonds. The van der Waals surface area contributed by atoms with Gasteiger partial charge in [0, 0.05) is 31.5 Å². The van der Waals surface area contributed by atoms with Crippen LogP contribution < -0.4 is 14.9 Å². The zero-order valence-corrected chi connectivity index (χ0v) is 17.8. The summed E-state index contributed by atoms with van der Waals surface area (Å²) in [5, 5.41) is 2.72. The van der Waals surface area contributed by atoms with E-state index in [1.807, 2.05) is 13.0 Å². The van der Waals surface area contributed by atoms with E-state index in [0.717, 1.165) is 12.0 Å². The van der Waals surface area contributed by atoms with Gasteiger partial charge >= 0.3 is 0 Å². The highest BCUT2D eigenvalue weighted by Crippen LogP contribution is 2.32. The maximum Gasteiger partial charge on any atom is 0.261 e. The van der Waals surface area contributed by atoms with Crippen molar-refractivity contribution in [3.8, 4) is 0 Å². The molecule has 160 valence electrons. The summed E-state index contributed by atoms with van der Waals surface area (Å²) >= 11 is 0. The summed E-state index contributed by atoms with van der Waals surface area (Å²) in [7, 11) is -2.37. The largest absolute Gasteiger partial charge is 0.375 e. The Kier molecular flexibility index (Phi) is 6.73. The zero-order valence-electron chi connectivity index (χ0n) is 17.0. The molecule has 0 bridgehead atoms. The number of hydrogen-bond acceptors (Lipinski definition) is 5. The molecular weight excluding hydrogens is 406 g/mol. The molecule has 2 N–H and O–H groups in total. The fourth-order valence-corrected chi connectivity index (χ4v) is 4.33. The molecule has 0 aliphatic carbocycles. The maximum atomic E-state index is 12.8. The van der Waals surface area contributed by atoms with Gasteiger partial charge in [-0.2, -0.15) is 0 Å². The Balaban J connectivity index is 1.75. The highest BCUT2D eigenvalue weighted by Gasteiger charge is 2.25. The lowest BCUT2D eigenvalue weighted by molar-refractivity contribution is -0.122. The number of carbonyl (C=O) groups is 2. The Bertz CT molecular complexity index is 1040. The van der Waals surface area contributed by atoms with E-state index in [4.69, 9.17) is 4.74 Å². The Labute approximate surface area is 176 Å². The summed E-state index contributed by atoms with van der Waals surface area (Å²) < 4.78 is 33.0. The summed E-state index contributed by atoms with van der Waals surface area (Å²) in [5.41, 5.74) is 2.57. The summed E-state index contributed by atoms with van der Waals surface area (Å²) in [4.78, 5) is 25.5. The molecule has 0 unspecified atom stereocenters. The molecule has 8 nitrogen and oxygen atoms in total. The highest BCUT2D eigenvalue weighted by atomic mass is 32.2. The topological polar surface area (TPSA) is 105 Å². The van der Waals surface area contributed by atoms with Gasteiger partial charge in [-0.05, 0) is 54.8 Å². The van der Waals surface area contributed by atoms with Crippen LogP contribution in [0, 0.1) is 0 Å². The normalized spacial score (nSPS) is 13.1. The van der Waals surface area contributed by atoms with Crippen LogP contribution in [0.15, 0.2) is 47.4 Å². The van der Waals surface area contributed by atoms with Crippen molar-refractivity contribution in [1.82, 2.24) is 0 Å². The van der Waals surface area contributed by atoms with E-state index >= 15 is 0 Å². The van der Waals surface area contributed by atoms with E-state index < -0.39 is 10.0 Å². The minimum atomic E-state index is -3.82. The molecular formula is C21H25N3O5S. The van der Waals surface area contributed by atoms with Crippen molar-refractivity contribution in [2.75, 3.05) is 35.2 Å². The Morgan fingerprint density at radius 2 is 1.80 bits per heavy atom. The summed E-state index contributed by atoms with van der Waals surface area (Å²) in [6, 6.07) is 11.1. The van der Waals surface area contributed by atoms with E-state index in [-0.39, 0.29) is 23.3 Å². The first-order chi connectivity index (χ1) is 14.3. The van der Waals surface area contributed by atoms with Crippen molar-refractivity contribution < 1.29 is 22.7 Å². The number of nitrogens with zero attached hydrogens (tertiary/aromatic N) is 1. The third-order valence-corrected chi connectivity index (χ3v) is 6.12. The van der Waals surface area contributed by atoms with Crippen LogP contribution in [0.3, 0.4) is 0 Å². The van der Waals surface area contributed by atoms with Gasteiger partial charge in [0.05, 0.1) is 10.6 Å². The van der Waals surface area contributed by atoms with Crippen LogP contribution in [0.25, 0.3) is 0 Å². The summed E-state index contributed by atoms with van der Waals surface area (Å²) in [6.45, 7) is 2.42. The number of hydrogen-bond donors (Lipinski definition) is 2. The van der Waals surface area contributed by atoms with Crippen molar-refractivity contribution >= 4 is 38.9 Å². The Morgan fingerprint density at radius 1 is 1.10 bits per heavy atom. The van der Waals surface area contributed by atoms with Crippen LogP contribution in [0.4, 0.5) is 17.1 Å². The molecule has 2 aromatic rings. The van der Waals surface area contributed by atoms with E-state index in [2.05, 4.69) is 10.0 Å². The number of methoxy groups -OCH3 is 1. The Morgan fingerprint density at radius 3 is 2.47 bits per heavy atom. The van der Waals surface area contributed by atoms with Crippen molar-refractivity contribution in [3.63, 3.8) is 0 Å².